The maximum absolute atomic E-state index is 12.2. The van der Waals surface area contributed by atoms with Gasteiger partial charge in [-0.15, -0.1) is 0 Å². The van der Waals surface area contributed by atoms with Gasteiger partial charge in [-0.2, -0.15) is 0 Å². The summed E-state index contributed by atoms with van der Waals surface area (Å²) in [4.78, 5) is 25.0. The van der Waals surface area contributed by atoms with Crippen molar-refractivity contribution in [1.29, 1.82) is 0 Å². The summed E-state index contributed by atoms with van der Waals surface area (Å²) in [6.07, 6.45) is 1.21. The zero-order valence-corrected chi connectivity index (χ0v) is 13.9. The lowest BCUT2D eigenvalue weighted by atomic mass is 9.79. The van der Waals surface area contributed by atoms with E-state index in [1.54, 1.807) is 0 Å². The third kappa shape index (κ3) is 3.17. The van der Waals surface area contributed by atoms with Crippen LogP contribution in [0, 0.1) is 11.3 Å². The highest BCUT2D eigenvalue weighted by atomic mass is 28.3. The SMILES string of the molecule is COC(=O)[C@@]1(O[SiH](C)C)C[C@H](C(C)(C)C)CN1C=O. The lowest BCUT2D eigenvalue weighted by molar-refractivity contribution is -0.177. The molecule has 0 radical (unpaired) electrons. The summed E-state index contributed by atoms with van der Waals surface area (Å²) in [6.45, 7) is 10.8. The predicted octanol–water partition coefficient (Wildman–Crippen LogP) is 1.38. The van der Waals surface area contributed by atoms with Gasteiger partial charge >= 0.3 is 5.97 Å². The fraction of sp³-hybridized carbons (Fsp3) is 0.846. The smallest absolute Gasteiger partial charge is 0.358 e. The van der Waals surface area contributed by atoms with Gasteiger partial charge in [-0.1, -0.05) is 20.8 Å². The van der Waals surface area contributed by atoms with E-state index in [9.17, 15) is 9.59 Å². The Morgan fingerprint density at radius 1 is 1.42 bits per heavy atom. The minimum Gasteiger partial charge on any atom is -0.465 e. The summed E-state index contributed by atoms with van der Waals surface area (Å²) in [6, 6.07) is 0. The summed E-state index contributed by atoms with van der Waals surface area (Å²) in [5.41, 5.74) is -1.20. The number of likely N-dealkylation sites (tertiary alicyclic amines) is 1. The molecular weight excluding hydrogens is 262 g/mol. The van der Waals surface area contributed by atoms with Crippen LogP contribution < -0.4 is 0 Å². The summed E-state index contributed by atoms with van der Waals surface area (Å²) in [5, 5.41) is 0. The van der Waals surface area contributed by atoms with Crippen LogP contribution in [0.5, 0.6) is 0 Å². The second-order valence-electron chi connectivity index (χ2n) is 6.47. The molecule has 1 saturated heterocycles. The Hall–Kier alpha value is -0.883. The van der Waals surface area contributed by atoms with Crippen LogP contribution in [0.3, 0.4) is 0 Å². The summed E-state index contributed by atoms with van der Waals surface area (Å²) < 4.78 is 10.8. The fourth-order valence-corrected chi connectivity index (χ4v) is 3.63. The van der Waals surface area contributed by atoms with Crippen molar-refractivity contribution >= 4 is 21.4 Å². The molecule has 0 aromatic heterocycles. The molecule has 0 saturated carbocycles. The molecule has 0 aromatic rings. The normalized spacial score (nSPS) is 27.7. The second-order valence-corrected chi connectivity index (χ2v) is 8.80. The van der Waals surface area contributed by atoms with E-state index in [-0.39, 0.29) is 11.3 Å². The molecule has 1 aliphatic rings. The number of hydrogen-bond donors (Lipinski definition) is 0. The van der Waals surface area contributed by atoms with Crippen LogP contribution in [0.4, 0.5) is 0 Å². The molecule has 1 rings (SSSR count). The molecule has 1 fully saturated rings. The molecule has 0 N–H and O–H groups in total. The maximum Gasteiger partial charge on any atom is 0.358 e. The maximum atomic E-state index is 12.2. The molecule has 1 aliphatic heterocycles. The number of methoxy groups -OCH3 is 1. The van der Waals surface area contributed by atoms with Crippen molar-refractivity contribution < 1.29 is 18.8 Å². The van der Waals surface area contributed by atoms with Gasteiger partial charge in [-0.05, 0) is 24.4 Å². The van der Waals surface area contributed by atoms with Gasteiger partial charge in [0.2, 0.25) is 12.1 Å². The Bertz CT molecular complexity index is 353. The van der Waals surface area contributed by atoms with Crippen LogP contribution in [0.25, 0.3) is 0 Å². The van der Waals surface area contributed by atoms with E-state index in [0.29, 0.717) is 19.4 Å². The van der Waals surface area contributed by atoms with E-state index in [1.807, 2.05) is 13.1 Å². The van der Waals surface area contributed by atoms with Gasteiger partial charge in [-0.3, -0.25) is 4.79 Å². The molecule has 2 atom stereocenters. The largest absolute Gasteiger partial charge is 0.465 e. The van der Waals surface area contributed by atoms with E-state index in [0.717, 1.165) is 0 Å². The number of esters is 1. The van der Waals surface area contributed by atoms with Crippen molar-refractivity contribution in [2.45, 2.75) is 46.0 Å². The monoisotopic (exact) mass is 287 g/mol. The number of ether oxygens (including phenoxy) is 1. The molecule has 110 valence electrons. The number of nitrogens with zero attached hydrogens (tertiary/aromatic N) is 1. The number of carbonyl (C=O) groups excluding carboxylic acids is 2. The van der Waals surface area contributed by atoms with Crippen molar-refractivity contribution in [3.8, 4) is 0 Å². The van der Waals surface area contributed by atoms with Crippen LogP contribution in [0.1, 0.15) is 27.2 Å². The van der Waals surface area contributed by atoms with E-state index in [2.05, 4.69) is 20.8 Å². The zero-order valence-electron chi connectivity index (χ0n) is 12.7. The van der Waals surface area contributed by atoms with E-state index < -0.39 is 20.7 Å². The minimum absolute atomic E-state index is 0.0128. The quantitative estimate of drug-likeness (QED) is 0.445. The molecule has 1 heterocycles. The van der Waals surface area contributed by atoms with Gasteiger partial charge in [0.25, 0.3) is 0 Å². The highest BCUT2D eigenvalue weighted by Crippen LogP contribution is 2.43. The fourth-order valence-electron chi connectivity index (χ4n) is 2.52. The molecule has 0 aromatic carbocycles. The molecule has 1 amide bonds. The third-order valence-corrected chi connectivity index (χ3v) is 4.55. The standard InChI is InChI=1S/C13H25NO4Si/c1-12(2,3)10-7-13(11(16)17-4,18-19(5)6)14(8-10)9-15/h9-10,19H,7-8H2,1-6H3/t10-,13-/m0/s1. The highest BCUT2D eigenvalue weighted by Gasteiger charge is 2.55. The van der Waals surface area contributed by atoms with Crippen LogP contribution in [0.15, 0.2) is 0 Å². The van der Waals surface area contributed by atoms with Gasteiger partial charge in [0, 0.05) is 13.0 Å². The lowest BCUT2D eigenvalue weighted by Crippen LogP contribution is -2.54. The molecule has 6 heteroatoms. The van der Waals surface area contributed by atoms with Crippen molar-refractivity contribution in [1.82, 2.24) is 4.90 Å². The predicted molar refractivity (Wildman–Crippen MR) is 75.0 cm³/mol. The Morgan fingerprint density at radius 3 is 2.37 bits per heavy atom. The van der Waals surface area contributed by atoms with Crippen molar-refractivity contribution in [2.24, 2.45) is 11.3 Å². The number of amides is 1. The summed E-state index contributed by atoms with van der Waals surface area (Å²) in [7, 11) is -0.160. The Labute approximate surface area is 117 Å². The van der Waals surface area contributed by atoms with Crippen LogP contribution in [-0.2, 0) is 18.8 Å². The topological polar surface area (TPSA) is 55.8 Å². The first-order valence-corrected chi connectivity index (χ1v) is 9.43. The Morgan fingerprint density at radius 2 is 2.00 bits per heavy atom. The average molecular weight is 287 g/mol. The molecule has 0 bridgehead atoms. The molecule has 0 unspecified atom stereocenters. The van der Waals surface area contributed by atoms with Gasteiger partial charge in [0.1, 0.15) is 0 Å². The highest BCUT2D eigenvalue weighted by molar-refractivity contribution is 6.48. The molecule has 0 spiro atoms. The van der Waals surface area contributed by atoms with Crippen LogP contribution in [0.2, 0.25) is 13.1 Å². The van der Waals surface area contributed by atoms with E-state index >= 15 is 0 Å². The van der Waals surface area contributed by atoms with E-state index in [1.165, 1.54) is 12.0 Å². The van der Waals surface area contributed by atoms with Gasteiger partial charge in [0.15, 0.2) is 9.04 Å². The number of rotatable bonds is 4. The first-order chi connectivity index (χ1) is 8.67. The Balaban J connectivity index is 3.13. The molecule has 0 aliphatic carbocycles. The molecular formula is C13H25NO4Si. The van der Waals surface area contributed by atoms with Crippen LogP contribution >= 0.6 is 0 Å². The Kier molecular flexibility index (Phi) is 4.79. The summed E-state index contributed by atoms with van der Waals surface area (Å²) in [5.74, 6) is -0.253. The lowest BCUT2D eigenvalue weighted by Gasteiger charge is -2.35. The molecule has 5 nitrogen and oxygen atoms in total. The van der Waals surface area contributed by atoms with Gasteiger partial charge < -0.3 is 14.1 Å². The van der Waals surface area contributed by atoms with Crippen LogP contribution in [-0.4, -0.2) is 45.7 Å². The van der Waals surface area contributed by atoms with Crippen molar-refractivity contribution in [2.75, 3.05) is 13.7 Å². The average Bonchev–Trinajstić information content (AvgIpc) is 2.66. The van der Waals surface area contributed by atoms with Crippen molar-refractivity contribution in [3.63, 3.8) is 0 Å². The van der Waals surface area contributed by atoms with Gasteiger partial charge in [0.05, 0.1) is 7.11 Å². The van der Waals surface area contributed by atoms with E-state index in [4.69, 9.17) is 9.16 Å². The third-order valence-electron chi connectivity index (χ3n) is 3.69. The second kappa shape index (κ2) is 5.62. The zero-order chi connectivity index (χ0) is 14.8. The molecule has 19 heavy (non-hydrogen) atoms. The first kappa shape index (κ1) is 16.2. The number of hydrogen-bond acceptors (Lipinski definition) is 4. The number of carbonyl (C=O) groups is 2. The van der Waals surface area contributed by atoms with Crippen molar-refractivity contribution in [3.05, 3.63) is 0 Å². The minimum atomic E-state index is -1.50. The summed E-state index contributed by atoms with van der Waals surface area (Å²) >= 11 is 0. The van der Waals surface area contributed by atoms with Gasteiger partial charge in [-0.25, -0.2) is 4.79 Å². The first-order valence-electron chi connectivity index (χ1n) is 6.65.